The normalized spacial score (nSPS) is 56.2. The minimum absolute atomic E-state index is 0.00102. The van der Waals surface area contributed by atoms with Gasteiger partial charge in [-0.15, -0.1) is 0 Å². The Morgan fingerprint density at radius 1 is 1.08 bits per heavy atom. The highest BCUT2D eigenvalue weighted by Crippen LogP contribution is 2.52. The van der Waals surface area contributed by atoms with Crippen LogP contribution in [0.1, 0.15) is 32.1 Å². The van der Waals surface area contributed by atoms with E-state index >= 15 is 0 Å². The molecule has 0 bridgehead atoms. The zero-order valence-corrected chi connectivity index (χ0v) is 7.37. The third-order valence-electron chi connectivity index (χ3n) is 3.91. The van der Waals surface area contributed by atoms with Gasteiger partial charge in [-0.05, 0) is 43.9 Å². The summed E-state index contributed by atoms with van der Waals surface area (Å²) in [6.45, 7) is 0. The quantitative estimate of drug-likeness (QED) is 0.640. The molecule has 68 valence electrons. The van der Waals surface area contributed by atoms with E-state index in [2.05, 4.69) is 5.32 Å². The Labute approximate surface area is 73.4 Å². The van der Waals surface area contributed by atoms with Crippen molar-refractivity contribution in [3.05, 3.63) is 0 Å². The van der Waals surface area contributed by atoms with E-state index in [1.54, 1.807) is 0 Å². The lowest BCUT2D eigenvalue weighted by atomic mass is 9.88. The number of nitrogens with one attached hydrogen (secondary N) is 1. The topological polar surface area (TPSA) is 32.3 Å². The van der Waals surface area contributed by atoms with Gasteiger partial charge in [0.1, 0.15) is 0 Å². The summed E-state index contributed by atoms with van der Waals surface area (Å²) in [5, 5.41) is 12.8. The minimum Gasteiger partial charge on any atom is -0.393 e. The fourth-order valence-corrected chi connectivity index (χ4v) is 2.94. The molecule has 3 aliphatic rings. The molecule has 0 aliphatic heterocycles. The van der Waals surface area contributed by atoms with E-state index in [0.717, 1.165) is 30.7 Å². The van der Waals surface area contributed by atoms with Crippen LogP contribution in [0.25, 0.3) is 0 Å². The van der Waals surface area contributed by atoms with E-state index in [9.17, 15) is 0 Å². The SMILES string of the molecule is OC1CC(NC2CC[C@@H]3C[C@H]23)C1. The maximum absolute atomic E-state index is 9.13. The molecule has 0 aromatic heterocycles. The second-order valence-corrected chi connectivity index (χ2v) is 4.83. The van der Waals surface area contributed by atoms with Crippen molar-refractivity contribution < 1.29 is 5.11 Å². The van der Waals surface area contributed by atoms with Gasteiger partial charge >= 0.3 is 0 Å². The molecule has 12 heavy (non-hydrogen) atoms. The Bertz CT molecular complexity index is 188. The highest BCUT2D eigenvalue weighted by molar-refractivity contribution is 5.03. The summed E-state index contributed by atoms with van der Waals surface area (Å²) in [6, 6.07) is 1.46. The van der Waals surface area contributed by atoms with Gasteiger partial charge in [0.2, 0.25) is 0 Å². The molecule has 2 nitrogen and oxygen atoms in total. The van der Waals surface area contributed by atoms with E-state index in [1.807, 2.05) is 0 Å². The average Bonchev–Trinajstić information content (AvgIpc) is 2.67. The molecule has 0 radical (unpaired) electrons. The molecule has 0 spiro atoms. The zero-order chi connectivity index (χ0) is 8.13. The van der Waals surface area contributed by atoms with Crippen molar-refractivity contribution in [1.29, 1.82) is 0 Å². The Balaban J connectivity index is 1.49. The Kier molecular flexibility index (Phi) is 1.50. The van der Waals surface area contributed by atoms with Gasteiger partial charge in [-0.2, -0.15) is 0 Å². The summed E-state index contributed by atoms with van der Waals surface area (Å²) in [7, 11) is 0. The standard InChI is InChI=1S/C10H17NO/c12-8-4-7(5-8)11-10-2-1-6-3-9(6)10/h6-12H,1-5H2/t6-,7?,8?,9+,10?/m1/s1. The number of hydrogen-bond acceptors (Lipinski definition) is 2. The third-order valence-corrected chi connectivity index (χ3v) is 3.91. The third kappa shape index (κ3) is 1.09. The lowest BCUT2D eigenvalue weighted by Gasteiger charge is -2.35. The monoisotopic (exact) mass is 167 g/mol. The summed E-state index contributed by atoms with van der Waals surface area (Å²) in [5.41, 5.74) is 0. The second-order valence-electron chi connectivity index (χ2n) is 4.83. The first-order valence-electron chi connectivity index (χ1n) is 5.27. The molecule has 0 heterocycles. The molecule has 3 rings (SSSR count). The lowest BCUT2D eigenvalue weighted by molar-refractivity contribution is 0.0568. The van der Waals surface area contributed by atoms with E-state index < -0.39 is 0 Å². The highest BCUT2D eigenvalue weighted by atomic mass is 16.3. The van der Waals surface area contributed by atoms with E-state index in [-0.39, 0.29) is 6.10 Å². The van der Waals surface area contributed by atoms with Crippen LogP contribution in [-0.4, -0.2) is 23.3 Å². The van der Waals surface area contributed by atoms with E-state index in [4.69, 9.17) is 5.11 Å². The molecular weight excluding hydrogens is 150 g/mol. The van der Waals surface area contributed by atoms with Crippen LogP contribution in [0.4, 0.5) is 0 Å². The van der Waals surface area contributed by atoms with Gasteiger partial charge in [-0.3, -0.25) is 0 Å². The van der Waals surface area contributed by atoms with Crippen molar-refractivity contribution in [3.63, 3.8) is 0 Å². The fraction of sp³-hybridized carbons (Fsp3) is 1.00. The Morgan fingerprint density at radius 2 is 1.92 bits per heavy atom. The molecule has 0 aromatic rings. The van der Waals surface area contributed by atoms with E-state index in [0.29, 0.717) is 6.04 Å². The Morgan fingerprint density at radius 3 is 2.42 bits per heavy atom. The number of fused-ring (bicyclic) bond motifs is 1. The van der Waals surface area contributed by atoms with Gasteiger partial charge < -0.3 is 10.4 Å². The molecule has 0 saturated heterocycles. The van der Waals surface area contributed by atoms with Crippen molar-refractivity contribution in [2.24, 2.45) is 11.8 Å². The molecular formula is C10H17NO. The van der Waals surface area contributed by atoms with E-state index in [1.165, 1.54) is 19.3 Å². The first-order chi connectivity index (χ1) is 5.83. The van der Waals surface area contributed by atoms with Crippen molar-refractivity contribution in [2.45, 2.75) is 50.3 Å². The van der Waals surface area contributed by atoms with Crippen LogP contribution in [0, 0.1) is 11.8 Å². The molecule has 0 amide bonds. The summed E-state index contributed by atoms with van der Waals surface area (Å²) in [5.74, 6) is 2.09. The summed E-state index contributed by atoms with van der Waals surface area (Å²) in [6.07, 6.45) is 6.31. The maximum atomic E-state index is 9.13. The Hall–Kier alpha value is -0.0800. The molecule has 3 saturated carbocycles. The van der Waals surface area contributed by atoms with Crippen LogP contribution in [0.15, 0.2) is 0 Å². The predicted octanol–water partition coefficient (Wildman–Crippen LogP) is 0.898. The second kappa shape index (κ2) is 2.46. The van der Waals surface area contributed by atoms with Crippen LogP contribution in [0.3, 0.4) is 0 Å². The van der Waals surface area contributed by atoms with Crippen LogP contribution in [0.2, 0.25) is 0 Å². The van der Waals surface area contributed by atoms with Gasteiger partial charge in [0.15, 0.2) is 0 Å². The van der Waals surface area contributed by atoms with Crippen molar-refractivity contribution >= 4 is 0 Å². The molecule has 0 aromatic carbocycles. The predicted molar refractivity (Wildman–Crippen MR) is 46.8 cm³/mol. The maximum Gasteiger partial charge on any atom is 0.0570 e. The number of hydrogen-bond donors (Lipinski definition) is 2. The zero-order valence-electron chi connectivity index (χ0n) is 7.37. The lowest BCUT2D eigenvalue weighted by Crippen LogP contribution is -2.48. The molecule has 3 fully saturated rings. The van der Waals surface area contributed by atoms with Gasteiger partial charge in [0.25, 0.3) is 0 Å². The molecule has 3 aliphatic carbocycles. The van der Waals surface area contributed by atoms with Crippen molar-refractivity contribution in [1.82, 2.24) is 5.32 Å². The summed E-state index contributed by atoms with van der Waals surface area (Å²) >= 11 is 0. The number of aliphatic hydroxyl groups excluding tert-OH is 1. The molecule has 2 N–H and O–H groups in total. The number of aliphatic hydroxyl groups is 1. The first-order valence-corrected chi connectivity index (χ1v) is 5.27. The first kappa shape index (κ1) is 7.34. The van der Waals surface area contributed by atoms with Crippen LogP contribution in [0.5, 0.6) is 0 Å². The van der Waals surface area contributed by atoms with Crippen molar-refractivity contribution in [2.75, 3.05) is 0 Å². The average molecular weight is 167 g/mol. The fourth-order valence-electron chi connectivity index (χ4n) is 2.94. The summed E-state index contributed by atoms with van der Waals surface area (Å²) < 4.78 is 0. The van der Waals surface area contributed by atoms with Gasteiger partial charge in [-0.25, -0.2) is 0 Å². The summed E-state index contributed by atoms with van der Waals surface area (Å²) in [4.78, 5) is 0. The van der Waals surface area contributed by atoms with Gasteiger partial charge in [-0.1, -0.05) is 0 Å². The van der Waals surface area contributed by atoms with Gasteiger partial charge in [0.05, 0.1) is 6.10 Å². The van der Waals surface area contributed by atoms with Gasteiger partial charge in [0, 0.05) is 12.1 Å². The van der Waals surface area contributed by atoms with Crippen LogP contribution < -0.4 is 5.32 Å². The smallest absolute Gasteiger partial charge is 0.0570 e. The molecule has 1 unspecified atom stereocenters. The van der Waals surface area contributed by atoms with Crippen LogP contribution in [-0.2, 0) is 0 Å². The number of rotatable bonds is 2. The molecule has 3 atom stereocenters. The van der Waals surface area contributed by atoms with Crippen molar-refractivity contribution in [3.8, 4) is 0 Å². The molecule has 2 heteroatoms. The largest absolute Gasteiger partial charge is 0.393 e. The highest BCUT2D eigenvalue weighted by Gasteiger charge is 2.48. The van der Waals surface area contributed by atoms with Crippen LogP contribution >= 0.6 is 0 Å². The minimum atomic E-state index is -0.00102.